The smallest absolute Gasteiger partial charge is 0.321 e. The third-order valence-electron chi connectivity index (χ3n) is 2.98. The Balaban J connectivity index is 2.51. The van der Waals surface area contributed by atoms with E-state index in [0.717, 1.165) is 0 Å². The van der Waals surface area contributed by atoms with E-state index in [1.54, 1.807) is 25.4 Å². The Morgan fingerprint density at radius 2 is 2.15 bits per heavy atom. The molecule has 0 amide bonds. The summed E-state index contributed by atoms with van der Waals surface area (Å²) in [7, 11) is 0. The van der Waals surface area contributed by atoms with E-state index < -0.39 is 5.92 Å². The van der Waals surface area contributed by atoms with Crippen molar-refractivity contribution in [3.05, 3.63) is 47.0 Å². The lowest BCUT2D eigenvalue weighted by Crippen LogP contribution is -2.21. The Labute approximate surface area is 122 Å². The van der Waals surface area contributed by atoms with E-state index in [9.17, 15) is 4.79 Å². The van der Waals surface area contributed by atoms with Gasteiger partial charge in [0.05, 0.1) is 6.61 Å². The van der Waals surface area contributed by atoms with Gasteiger partial charge in [-0.3, -0.25) is 4.79 Å². The number of esters is 1. The SMILES string of the molecule is CCOC(=O)C(c1ccccc1Cl)c1nncn1CC. The molecule has 106 valence electrons. The fraction of sp³-hybridized carbons (Fsp3) is 0.357. The molecule has 2 aromatic rings. The molecule has 0 saturated heterocycles. The van der Waals surface area contributed by atoms with Crippen molar-refractivity contribution in [2.45, 2.75) is 26.3 Å². The van der Waals surface area contributed by atoms with Gasteiger partial charge in [0.15, 0.2) is 5.82 Å². The molecule has 2 rings (SSSR count). The van der Waals surface area contributed by atoms with Gasteiger partial charge in [0.2, 0.25) is 0 Å². The normalized spacial score (nSPS) is 12.2. The number of hydrogen-bond donors (Lipinski definition) is 0. The van der Waals surface area contributed by atoms with Crippen molar-refractivity contribution in [1.82, 2.24) is 14.8 Å². The maximum absolute atomic E-state index is 12.3. The van der Waals surface area contributed by atoms with Crippen molar-refractivity contribution in [3.63, 3.8) is 0 Å². The van der Waals surface area contributed by atoms with Gasteiger partial charge in [-0.1, -0.05) is 29.8 Å². The van der Waals surface area contributed by atoms with E-state index in [-0.39, 0.29) is 5.97 Å². The number of carbonyl (C=O) groups is 1. The standard InChI is InChI=1S/C14H16ClN3O2/c1-3-18-9-16-17-13(18)12(14(19)20-4-2)10-7-5-6-8-11(10)15/h5-9,12H,3-4H2,1-2H3. The summed E-state index contributed by atoms with van der Waals surface area (Å²) in [6.07, 6.45) is 1.60. The van der Waals surface area contributed by atoms with Crippen molar-refractivity contribution in [3.8, 4) is 0 Å². The van der Waals surface area contributed by atoms with Gasteiger partial charge in [0, 0.05) is 11.6 Å². The fourth-order valence-electron chi connectivity index (χ4n) is 2.04. The Hall–Kier alpha value is -1.88. The second kappa shape index (κ2) is 6.52. The Morgan fingerprint density at radius 1 is 1.40 bits per heavy atom. The van der Waals surface area contributed by atoms with E-state index in [0.29, 0.717) is 29.6 Å². The van der Waals surface area contributed by atoms with E-state index in [1.807, 2.05) is 23.6 Å². The number of aromatic nitrogens is 3. The van der Waals surface area contributed by atoms with Gasteiger partial charge in [-0.25, -0.2) is 0 Å². The average Bonchev–Trinajstić information content (AvgIpc) is 2.90. The van der Waals surface area contributed by atoms with Crippen molar-refractivity contribution < 1.29 is 9.53 Å². The lowest BCUT2D eigenvalue weighted by molar-refractivity contribution is -0.144. The molecule has 0 fully saturated rings. The summed E-state index contributed by atoms with van der Waals surface area (Å²) >= 11 is 6.21. The highest BCUT2D eigenvalue weighted by molar-refractivity contribution is 6.31. The lowest BCUT2D eigenvalue weighted by Gasteiger charge is -2.17. The van der Waals surface area contributed by atoms with Crippen LogP contribution in [0.5, 0.6) is 0 Å². The minimum absolute atomic E-state index is 0.306. The number of rotatable bonds is 5. The molecule has 0 bridgehead atoms. The van der Waals surface area contributed by atoms with Crippen LogP contribution in [0.4, 0.5) is 0 Å². The van der Waals surface area contributed by atoms with Crippen LogP contribution in [0.2, 0.25) is 5.02 Å². The minimum Gasteiger partial charge on any atom is -0.465 e. The molecule has 5 nitrogen and oxygen atoms in total. The number of ether oxygens (including phenoxy) is 1. The van der Waals surface area contributed by atoms with Crippen LogP contribution < -0.4 is 0 Å². The highest BCUT2D eigenvalue weighted by atomic mass is 35.5. The Morgan fingerprint density at radius 3 is 2.80 bits per heavy atom. The first-order valence-corrected chi connectivity index (χ1v) is 6.85. The summed E-state index contributed by atoms with van der Waals surface area (Å²) in [5, 5.41) is 8.45. The van der Waals surface area contributed by atoms with Crippen LogP contribution in [-0.2, 0) is 16.1 Å². The van der Waals surface area contributed by atoms with Gasteiger partial charge in [0.25, 0.3) is 0 Å². The number of nitrogens with zero attached hydrogens (tertiary/aromatic N) is 3. The van der Waals surface area contributed by atoms with Gasteiger partial charge in [0.1, 0.15) is 12.2 Å². The molecule has 0 spiro atoms. The first-order valence-electron chi connectivity index (χ1n) is 6.47. The molecule has 0 N–H and O–H groups in total. The molecule has 0 aliphatic carbocycles. The quantitative estimate of drug-likeness (QED) is 0.795. The second-order valence-corrected chi connectivity index (χ2v) is 4.59. The first-order chi connectivity index (χ1) is 9.69. The number of aryl methyl sites for hydroxylation is 1. The number of hydrogen-bond acceptors (Lipinski definition) is 4. The third kappa shape index (κ3) is 2.82. The van der Waals surface area contributed by atoms with Gasteiger partial charge in [-0.05, 0) is 25.5 Å². The fourth-order valence-corrected chi connectivity index (χ4v) is 2.28. The zero-order valence-corrected chi connectivity index (χ0v) is 12.2. The molecule has 1 heterocycles. The zero-order valence-electron chi connectivity index (χ0n) is 11.4. The summed E-state index contributed by atoms with van der Waals surface area (Å²) in [4.78, 5) is 12.3. The van der Waals surface area contributed by atoms with E-state index in [1.165, 1.54) is 0 Å². The monoisotopic (exact) mass is 293 g/mol. The molecule has 1 aromatic carbocycles. The molecule has 20 heavy (non-hydrogen) atoms. The topological polar surface area (TPSA) is 57.0 Å². The number of halogens is 1. The first kappa shape index (κ1) is 14.5. The van der Waals surface area contributed by atoms with Crippen molar-refractivity contribution in [2.75, 3.05) is 6.61 Å². The highest BCUT2D eigenvalue weighted by Crippen LogP contribution is 2.30. The van der Waals surface area contributed by atoms with Gasteiger partial charge >= 0.3 is 5.97 Å². The summed E-state index contributed by atoms with van der Waals surface area (Å²) < 4.78 is 6.97. The Kier molecular flexibility index (Phi) is 4.74. The van der Waals surface area contributed by atoms with E-state index in [4.69, 9.17) is 16.3 Å². The molecule has 6 heteroatoms. The third-order valence-corrected chi connectivity index (χ3v) is 3.33. The molecule has 0 saturated carbocycles. The van der Waals surface area contributed by atoms with Crippen LogP contribution in [0.25, 0.3) is 0 Å². The van der Waals surface area contributed by atoms with Crippen molar-refractivity contribution >= 4 is 17.6 Å². The van der Waals surface area contributed by atoms with Gasteiger partial charge in [-0.15, -0.1) is 10.2 Å². The minimum atomic E-state index is -0.661. The van der Waals surface area contributed by atoms with Crippen LogP contribution in [-0.4, -0.2) is 27.3 Å². The largest absolute Gasteiger partial charge is 0.465 e. The van der Waals surface area contributed by atoms with Crippen LogP contribution >= 0.6 is 11.6 Å². The summed E-state index contributed by atoms with van der Waals surface area (Å²) in [5.41, 5.74) is 0.676. The summed E-state index contributed by atoms with van der Waals surface area (Å²) in [6, 6.07) is 7.20. The van der Waals surface area contributed by atoms with Crippen LogP contribution in [0.1, 0.15) is 31.2 Å². The molecule has 1 atom stereocenters. The van der Waals surface area contributed by atoms with Gasteiger partial charge in [-0.2, -0.15) is 0 Å². The Bertz CT molecular complexity index is 598. The van der Waals surface area contributed by atoms with E-state index in [2.05, 4.69) is 10.2 Å². The molecule has 0 aliphatic heterocycles. The highest BCUT2D eigenvalue weighted by Gasteiger charge is 2.30. The van der Waals surface area contributed by atoms with Gasteiger partial charge < -0.3 is 9.30 Å². The number of benzene rings is 1. The van der Waals surface area contributed by atoms with Crippen LogP contribution in [0, 0.1) is 0 Å². The van der Waals surface area contributed by atoms with Crippen LogP contribution in [0.3, 0.4) is 0 Å². The maximum atomic E-state index is 12.3. The molecule has 0 aliphatic rings. The zero-order chi connectivity index (χ0) is 14.5. The van der Waals surface area contributed by atoms with E-state index >= 15 is 0 Å². The molecular weight excluding hydrogens is 278 g/mol. The number of carbonyl (C=O) groups excluding carboxylic acids is 1. The molecule has 1 unspecified atom stereocenters. The average molecular weight is 294 g/mol. The molecule has 0 radical (unpaired) electrons. The van der Waals surface area contributed by atoms with Crippen LogP contribution in [0.15, 0.2) is 30.6 Å². The second-order valence-electron chi connectivity index (χ2n) is 4.18. The van der Waals surface area contributed by atoms with Crippen molar-refractivity contribution in [2.24, 2.45) is 0 Å². The predicted octanol–water partition coefficient (Wildman–Crippen LogP) is 2.65. The lowest BCUT2D eigenvalue weighted by atomic mass is 9.98. The van der Waals surface area contributed by atoms with Crippen molar-refractivity contribution in [1.29, 1.82) is 0 Å². The summed E-state index contributed by atoms with van der Waals surface area (Å²) in [5.74, 6) is -0.492. The molecule has 1 aromatic heterocycles. The summed E-state index contributed by atoms with van der Waals surface area (Å²) in [6.45, 7) is 4.70. The molecular formula is C14H16ClN3O2. The maximum Gasteiger partial charge on any atom is 0.321 e. The predicted molar refractivity (Wildman–Crippen MR) is 75.6 cm³/mol.